The van der Waals surface area contributed by atoms with Gasteiger partial charge in [0.25, 0.3) is 0 Å². The number of anilines is 1. The lowest BCUT2D eigenvalue weighted by molar-refractivity contribution is 0.255. The van der Waals surface area contributed by atoms with E-state index in [2.05, 4.69) is 19.7 Å². The zero-order valence-electron chi connectivity index (χ0n) is 15.7. The van der Waals surface area contributed by atoms with Gasteiger partial charge in [0.15, 0.2) is 5.96 Å². The second kappa shape index (κ2) is 9.76. The molecule has 1 aromatic carbocycles. The molecule has 2 saturated heterocycles. The quantitative estimate of drug-likeness (QED) is 0.497. The minimum Gasteiger partial charge on any atom is -0.370 e. The van der Waals surface area contributed by atoms with Crippen LogP contribution in [0.15, 0.2) is 29.3 Å². The average molecular weight is 362 g/mol. The van der Waals surface area contributed by atoms with Gasteiger partial charge in [-0.2, -0.15) is 0 Å². The van der Waals surface area contributed by atoms with E-state index in [1.54, 1.807) is 6.07 Å². The maximum absolute atomic E-state index is 13.9. The van der Waals surface area contributed by atoms with E-state index in [1.807, 2.05) is 12.1 Å². The molecule has 2 aliphatic rings. The van der Waals surface area contributed by atoms with Crippen molar-refractivity contribution in [2.75, 3.05) is 57.3 Å². The van der Waals surface area contributed by atoms with Gasteiger partial charge in [-0.25, -0.2) is 4.39 Å². The first kappa shape index (κ1) is 19.0. The number of hydrogen-bond donors (Lipinski definition) is 1. The Labute approximate surface area is 156 Å². The van der Waals surface area contributed by atoms with Gasteiger partial charge >= 0.3 is 0 Å². The number of rotatable bonds is 5. The van der Waals surface area contributed by atoms with Crippen LogP contribution in [0.3, 0.4) is 0 Å². The Morgan fingerprint density at radius 1 is 0.962 bits per heavy atom. The number of halogens is 1. The smallest absolute Gasteiger partial charge is 0.191 e. The van der Waals surface area contributed by atoms with Crippen molar-refractivity contribution in [2.24, 2.45) is 10.7 Å². The Bertz CT molecular complexity index is 575. The molecular formula is C20H32FN5. The summed E-state index contributed by atoms with van der Waals surface area (Å²) in [6.07, 6.45) is 6.09. The highest BCUT2D eigenvalue weighted by Gasteiger charge is 2.18. The summed E-state index contributed by atoms with van der Waals surface area (Å²) in [5.41, 5.74) is 6.88. The topological polar surface area (TPSA) is 48.1 Å². The van der Waals surface area contributed by atoms with E-state index in [0.29, 0.717) is 0 Å². The number of benzene rings is 1. The third-order valence-corrected chi connectivity index (χ3v) is 5.40. The second-order valence-electron chi connectivity index (χ2n) is 7.27. The maximum Gasteiger partial charge on any atom is 0.191 e. The lowest BCUT2D eigenvalue weighted by Gasteiger charge is -2.36. The molecule has 0 radical (unpaired) electrons. The first-order valence-corrected chi connectivity index (χ1v) is 10.0. The van der Waals surface area contributed by atoms with Crippen LogP contribution >= 0.6 is 0 Å². The molecule has 2 heterocycles. The molecule has 26 heavy (non-hydrogen) atoms. The summed E-state index contributed by atoms with van der Waals surface area (Å²) in [6.45, 7) is 7.61. The minimum atomic E-state index is -0.126. The fourth-order valence-electron chi connectivity index (χ4n) is 3.81. The Hall–Kier alpha value is -1.82. The predicted molar refractivity (Wildman–Crippen MR) is 106 cm³/mol. The van der Waals surface area contributed by atoms with E-state index in [9.17, 15) is 4.39 Å². The summed E-state index contributed by atoms with van der Waals surface area (Å²) >= 11 is 0. The maximum atomic E-state index is 13.9. The van der Waals surface area contributed by atoms with Gasteiger partial charge in [-0.05, 0) is 31.4 Å². The van der Waals surface area contributed by atoms with Crippen LogP contribution in [-0.2, 0) is 0 Å². The van der Waals surface area contributed by atoms with Crippen molar-refractivity contribution in [1.82, 2.24) is 9.80 Å². The highest BCUT2D eigenvalue weighted by Crippen LogP contribution is 2.20. The van der Waals surface area contributed by atoms with E-state index in [1.165, 1.54) is 31.7 Å². The molecule has 0 bridgehead atoms. The Kier molecular flexibility index (Phi) is 7.12. The van der Waals surface area contributed by atoms with Gasteiger partial charge in [0.1, 0.15) is 5.82 Å². The Balaban J connectivity index is 1.36. The van der Waals surface area contributed by atoms with Crippen LogP contribution in [-0.4, -0.2) is 68.1 Å². The molecule has 0 aliphatic carbocycles. The highest BCUT2D eigenvalue weighted by atomic mass is 19.1. The molecule has 0 atom stereocenters. The van der Waals surface area contributed by atoms with E-state index < -0.39 is 0 Å². The van der Waals surface area contributed by atoms with Gasteiger partial charge in [-0.1, -0.05) is 25.0 Å². The van der Waals surface area contributed by atoms with Crippen LogP contribution < -0.4 is 10.6 Å². The van der Waals surface area contributed by atoms with Crippen molar-refractivity contribution in [3.63, 3.8) is 0 Å². The monoisotopic (exact) mass is 361 g/mol. The van der Waals surface area contributed by atoms with Crippen LogP contribution in [0.1, 0.15) is 32.1 Å². The average Bonchev–Trinajstić information content (AvgIpc) is 2.96. The van der Waals surface area contributed by atoms with Gasteiger partial charge in [-0.15, -0.1) is 0 Å². The molecule has 0 aromatic heterocycles. The second-order valence-corrected chi connectivity index (χ2v) is 7.27. The van der Waals surface area contributed by atoms with E-state index in [0.717, 1.165) is 70.4 Å². The van der Waals surface area contributed by atoms with Crippen molar-refractivity contribution in [2.45, 2.75) is 32.1 Å². The zero-order valence-corrected chi connectivity index (χ0v) is 15.7. The fourth-order valence-corrected chi connectivity index (χ4v) is 3.81. The van der Waals surface area contributed by atoms with Crippen LogP contribution in [0, 0.1) is 5.82 Å². The summed E-state index contributed by atoms with van der Waals surface area (Å²) in [4.78, 5) is 11.4. The molecule has 5 nitrogen and oxygen atoms in total. The number of likely N-dealkylation sites (tertiary alicyclic amines) is 1. The minimum absolute atomic E-state index is 0.126. The lowest BCUT2D eigenvalue weighted by atomic mass is 10.2. The number of guanidine groups is 1. The van der Waals surface area contributed by atoms with Crippen LogP contribution in [0.25, 0.3) is 0 Å². The fraction of sp³-hybridized carbons (Fsp3) is 0.650. The lowest BCUT2D eigenvalue weighted by Crippen LogP contribution is -2.47. The first-order valence-electron chi connectivity index (χ1n) is 10.0. The summed E-state index contributed by atoms with van der Waals surface area (Å²) in [5.74, 6) is 0.593. The first-order chi connectivity index (χ1) is 12.7. The van der Waals surface area contributed by atoms with Gasteiger partial charge in [-0.3, -0.25) is 9.89 Å². The molecule has 2 fully saturated rings. The van der Waals surface area contributed by atoms with E-state index >= 15 is 0 Å². The van der Waals surface area contributed by atoms with Crippen molar-refractivity contribution in [3.05, 3.63) is 30.1 Å². The molecular weight excluding hydrogens is 329 g/mol. The molecule has 1 aromatic rings. The molecule has 3 rings (SSSR count). The summed E-state index contributed by atoms with van der Waals surface area (Å²) in [6, 6.07) is 7.05. The van der Waals surface area contributed by atoms with Crippen LogP contribution in [0.2, 0.25) is 0 Å². The van der Waals surface area contributed by atoms with Crippen LogP contribution in [0.4, 0.5) is 10.1 Å². The Morgan fingerprint density at radius 3 is 2.35 bits per heavy atom. The number of aliphatic imine (C=N–C) groups is 1. The predicted octanol–water partition coefficient (Wildman–Crippen LogP) is 2.53. The third-order valence-electron chi connectivity index (χ3n) is 5.40. The molecule has 6 heteroatoms. The number of nitrogens with two attached hydrogens (primary N) is 1. The standard InChI is InChI=1S/C20H32FN5/c21-18-8-3-4-9-19(18)25-16-14-24(15-17-25)11-7-10-23-20(22)26-12-5-1-2-6-13-26/h3-4,8-9H,1-2,5-7,10-17H2,(H2,22,23). The number of hydrogen-bond acceptors (Lipinski definition) is 3. The molecule has 144 valence electrons. The molecule has 2 aliphatic heterocycles. The van der Waals surface area contributed by atoms with Gasteiger partial charge in [0.2, 0.25) is 0 Å². The normalized spacial score (nSPS) is 20.3. The molecule has 0 spiro atoms. The Morgan fingerprint density at radius 2 is 1.65 bits per heavy atom. The largest absolute Gasteiger partial charge is 0.370 e. The number of nitrogens with zero attached hydrogens (tertiary/aromatic N) is 4. The van der Waals surface area contributed by atoms with E-state index in [4.69, 9.17) is 5.73 Å². The summed E-state index contributed by atoms with van der Waals surface area (Å²) < 4.78 is 13.9. The van der Waals surface area contributed by atoms with Crippen molar-refractivity contribution >= 4 is 11.6 Å². The van der Waals surface area contributed by atoms with Gasteiger partial charge < -0.3 is 15.5 Å². The van der Waals surface area contributed by atoms with Crippen molar-refractivity contribution in [3.8, 4) is 0 Å². The van der Waals surface area contributed by atoms with E-state index in [-0.39, 0.29) is 5.82 Å². The van der Waals surface area contributed by atoms with Crippen molar-refractivity contribution in [1.29, 1.82) is 0 Å². The van der Waals surface area contributed by atoms with Gasteiger partial charge in [0, 0.05) is 52.4 Å². The molecule has 0 amide bonds. The molecule has 0 unspecified atom stereocenters. The van der Waals surface area contributed by atoms with Crippen LogP contribution in [0.5, 0.6) is 0 Å². The molecule has 2 N–H and O–H groups in total. The van der Waals surface area contributed by atoms with Crippen molar-refractivity contribution < 1.29 is 4.39 Å². The zero-order chi connectivity index (χ0) is 18.2. The number of piperazine rings is 1. The SMILES string of the molecule is NC(=NCCCN1CCN(c2ccccc2F)CC1)N1CCCCCC1. The molecule has 0 saturated carbocycles. The summed E-state index contributed by atoms with van der Waals surface area (Å²) in [5, 5.41) is 0. The number of para-hydroxylation sites is 1. The highest BCUT2D eigenvalue weighted by molar-refractivity contribution is 5.78. The third kappa shape index (κ3) is 5.34. The summed E-state index contributed by atoms with van der Waals surface area (Å²) in [7, 11) is 0. The van der Waals surface area contributed by atoms with Gasteiger partial charge in [0.05, 0.1) is 5.69 Å².